The zero-order valence-electron chi connectivity index (χ0n) is 20.6. The van der Waals surface area contributed by atoms with E-state index in [1.165, 1.54) is 11.3 Å². The fourth-order valence-corrected chi connectivity index (χ4v) is 8.22. The van der Waals surface area contributed by atoms with E-state index in [-0.39, 0.29) is 29.7 Å². The summed E-state index contributed by atoms with van der Waals surface area (Å²) in [4.78, 5) is 30.4. The minimum Gasteiger partial charge on any atom is -0.365 e. The Morgan fingerprint density at radius 1 is 1.17 bits per heavy atom. The van der Waals surface area contributed by atoms with Crippen LogP contribution < -0.4 is 5.73 Å². The first-order chi connectivity index (χ1) is 16.6. The molecule has 2 N–H and O–H groups in total. The molecule has 190 valence electrons. The molecule has 2 amide bonds. The Hall–Kier alpha value is -2.23. The van der Waals surface area contributed by atoms with E-state index in [4.69, 9.17) is 5.73 Å². The topological polar surface area (TPSA) is 101 Å². The van der Waals surface area contributed by atoms with Crippen LogP contribution in [-0.4, -0.2) is 67.5 Å². The van der Waals surface area contributed by atoms with E-state index in [1.54, 1.807) is 29.6 Å². The molecule has 2 aliphatic rings. The molecule has 2 aromatic rings. The number of rotatable bonds is 8. The third kappa shape index (κ3) is 5.32. The Bertz CT molecular complexity index is 1160. The van der Waals surface area contributed by atoms with Gasteiger partial charge in [-0.2, -0.15) is 0 Å². The molecule has 4 atom stereocenters. The molecule has 1 saturated heterocycles. The third-order valence-electron chi connectivity index (χ3n) is 7.78. The lowest BCUT2D eigenvalue weighted by Crippen LogP contribution is -2.51. The van der Waals surface area contributed by atoms with Gasteiger partial charge in [-0.15, -0.1) is 11.3 Å². The lowest BCUT2D eigenvalue weighted by Gasteiger charge is -2.44. The minimum atomic E-state index is -3.50. The highest BCUT2D eigenvalue weighted by atomic mass is 32.2. The Morgan fingerprint density at radius 2 is 1.89 bits per heavy atom. The summed E-state index contributed by atoms with van der Waals surface area (Å²) >= 11 is 1.27. The second-order valence-corrected chi connectivity index (χ2v) is 13.0. The third-order valence-corrected chi connectivity index (χ3v) is 10.6. The zero-order chi connectivity index (χ0) is 25.3. The van der Waals surface area contributed by atoms with Crippen molar-refractivity contribution in [1.29, 1.82) is 0 Å². The summed E-state index contributed by atoms with van der Waals surface area (Å²) in [5.74, 6) is -1.07. The zero-order valence-corrected chi connectivity index (χ0v) is 22.2. The van der Waals surface area contributed by atoms with Crippen molar-refractivity contribution in [1.82, 2.24) is 9.80 Å². The molecule has 0 spiro atoms. The number of sulfone groups is 1. The van der Waals surface area contributed by atoms with E-state index in [0.29, 0.717) is 34.3 Å². The van der Waals surface area contributed by atoms with Crippen LogP contribution in [0.1, 0.15) is 60.7 Å². The van der Waals surface area contributed by atoms with E-state index in [9.17, 15) is 18.0 Å². The Labute approximate surface area is 212 Å². The van der Waals surface area contributed by atoms with Crippen molar-refractivity contribution < 1.29 is 18.0 Å². The first kappa shape index (κ1) is 25.9. The van der Waals surface area contributed by atoms with Gasteiger partial charge in [-0.1, -0.05) is 18.2 Å². The second-order valence-electron chi connectivity index (χ2n) is 10.1. The van der Waals surface area contributed by atoms with Gasteiger partial charge >= 0.3 is 0 Å². The Balaban J connectivity index is 1.60. The van der Waals surface area contributed by atoms with Gasteiger partial charge < -0.3 is 15.5 Å². The summed E-state index contributed by atoms with van der Waals surface area (Å²) in [7, 11) is -1.41. The first-order valence-corrected chi connectivity index (χ1v) is 14.8. The fraction of sp³-hybridized carbons (Fsp3) is 0.538. The van der Waals surface area contributed by atoms with Crippen LogP contribution in [-0.2, 0) is 14.6 Å². The fourth-order valence-electron chi connectivity index (χ4n) is 5.72. The summed E-state index contributed by atoms with van der Waals surface area (Å²) in [5.41, 5.74) is 6.24. The van der Waals surface area contributed by atoms with Crippen molar-refractivity contribution in [2.45, 2.75) is 68.5 Å². The molecule has 4 rings (SSSR count). The number of carbonyl (C=O) groups excluding carboxylic acids is 2. The number of nitrogens with two attached hydrogens (primary N) is 1. The number of hydrogen-bond donors (Lipinski definition) is 1. The molecular formula is C26H35N3O4S2. The minimum absolute atomic E-state index is 0.0174. The number of likely N-dealkylation sites (tertiary alicyclic amines) is 1. The average molecular weight is 518 g/mol. The number of carbonyl (C=O) groups is 2. The van der Waals surface area contributed by atoms with E-state index in [1.807, 2.05) is 17.0 Å². The largest absolute Gasteiger partial charge is 0.365 e. The molecule has 1 aliphatic carbocycles. The van der Waals surface area contributed by atoms with Crippen LogP contribution in [0.2, 0.25) is 0 Å². The maximum absolute atomic E-state index is 13.6. The van der Waals surface area contributed by atoms with Crippen LogP contribution in [0.4, 0.5) is 0 Å². The molecule has 1 saturated carbocycles. The molecule has 0 bridgehead atoms. The van der Waals surface area contributed by atoms with E-state index in [2.05, 4.69) is 25.8 Å². The summed E-state index contributed by atoms with van der Waals surface area (Å²) < 4.78 is 26.7. The van der Waals surface area contributed by atoms with Crippen molar-refractivity contribution in [3.05, 3.63) is 52.2 Å². The normalized spacial score (nSPS) is 25.5. The van der Waals surface area contributed by atoms with E-state index in [0.717, 1.165) is 19.3 Å². The summed E-state index contributed by atoms with van der Waals surface area (Å²) in [6.45, 7) is 4.86. The van der Waals surface area contributed by atoms with Crippen LogP contribution in [0.5, 0.6) is 0 Å². The molecule has 0 unspecified atom stereocenters. The van der Waals surface area contributed by atoms with Gasteiger partial charge in [-0.05, 0) is 81.6 Å². The highest BCUT2D eigenvalue weighted by Gasteiger charge is 2.44. The maximum atomic E-state index is 13.6. The average Bonchev–Trinajstić information content (AvgIpc) is 3.45. The highest BCUT2D eigenvalue weighted by molar-refractivity contribution is 7.91. The molecule has 9 heteroatoms. The molecule has 1 aromatic heterocycles. The number of thiophene rings is 1. The predicted molar refractivity (Wildman–Crippen MR) is 138 cm³/mol. The van der Waals surface area contributed by atoms with Crippen molar-refractivity contribution >= 4 is 33.0 Å². The number of benzene rings is 1. The number of primary amides is 1. The van der Waals surface area contributed by atoms with E-state index >= 15 is 0 Å². The van der Waals surface area contributed by atoms with Crippen LogP contribution in [0, 0.1) is 5.92 Å². The van der Waals surface area contributed by atoms with Crippen LogP contribution in [0.15, 0.2) is 46.7 Å². The van der Waals surface area contributed by atoms with E-state index < -0.39 is 21.7 Å². The SMILES string of the molecule is CC(C)N(C)[C@@H]1CC[C@H](N2CC[C@@H](c3ccsc3C(N)=O)C2=O)[C@H](CS(=O)(=O)c2ccccc2)C1. The Kier molecular flexibility index (Phi) is 7.68. The molecular weight excluding hydrogens is 482 g/mol. The molecule has 1 aliphatic heterocycles. The summed E-state index contributed by atoms with van der Waals surface area (Å²) in [6, 6.07) is 10.9. The predicted octanol–water partition coefficient (Wildman–Crippen LogP) is 3.51. The quantitative estimate of drug-likeness (QED) is 0.578. The molecule has 2 fully saturated rings. The monoisotopic (exact) mass is 517 g/mol. The lowest BCUT2D eigenvalue weighted by atomic mass is 9.80. The molecule has 7 nitrogen and oxygen atoms in total. The van der Waals surface area contributed by atoms with Gasteiger partial charge in [0.2, 0.25) is 5.91 Å². The number of nitrogens with zero attached hydrogens (tertiary/aromatic N) is 2. The van der Waals surface area contributed by atoms with Gasteiger partial charge in [0, 0.05) is 24.7 Å². The van der Waals surface area contributed by atoms with Crippen molar-refractivity contribution in [3.8, 4) is 0 Å². The van der Waals surface area contributed by atoms with Gasteiger partial charge in [0.15, 0.2) is 9.84 Å². The van der Waals surface area contributed by atoms with Crippen molar-refractivity contribution in [2.75, 3.05) is 19.3 Å². The van der Waals surface area contributed by atoms with Gasteiger partial charge in [0.1, 0.15) is 0 Å². The molecule has 0 radical (unpaired) electrons. The van der Waals surface area contributed by atoms with Gasteiger partial charge in [0.05, 0.1) is 21.4 Å². The van der Waals surface area contributed by atoms with Crippen LogP contribution >= 0.6 is 11.3 Å². The number of hydrogen-bond acceptors (Lipinski definition) is 6. The van der Waals surface area contributed by atoms with Gasteiger partial charge in [0.25, 0.3) is 5.91 Å². The number of amides is 2. The Morgan fingerprint density at radius 3 is 2.54 bits per heavy atom. The lowest BCUT2D eigenvalue weighted by molar-refractivity contribution is -0.132. The molecule has 1 aromatic carbocycles. The molecule has 35 heavy (non-hydrogen) atoms. The molecule has 2 heterocycles. The maximum Gasteiger partial charge on any atom is 0.259 e. The van der Waals surface area contributed by atoms with Gasteiger partial charge in [-0.3, -0.25) is 9.59 Å². The van der Waals surface area contributed by atoms with Crippen molar-refractivity contribution in [3.63, 3.8) is 0 Å². The van der Waals surface area contributed by atoms with Crippen molar-refractivity contribution in [2.24, 2.45) is 11.7 Å². The highest BCUT2D eigenvalue weighted by Crippen LogP contribution is 2.40. The van der Waals surface area contributed by atoms with Gasteiger partial charge in [-0.25, -0.2) is 8.42 Å². The van der Waals surface area contributed by atoms with Crippen LogP contribution in [0.25, 0.3) is 0 Å². The smallest absolute Gasteiger partial charge is 0.259 e. The summed E-state index contributed by atoms with van der Waals surface area (Å²) in [6.07, 6.45) is 3.02. The standard InChI is InChI=1S/C26H35N3O4S2/c1-17(2)28(3)19-9-10-23(18(15-19)16-35(32,33)20-7-5-4-6-8-20)29-13-11-22(26(29)31)21-12-14-34-24(21)25(27)30/h4-8,12,14,17-19,22-23H,9-11,13,15-16H2,1-3H3,(H2,27,30)/t18-,19+,22-,23-/m0/s1. The van der Waals surface area contributed by atoms with Crippen LogP contribution in [0.3, 0.4) is 0 Å². The second kappa shape index (κ2) is 10.4. The first-order valence-electron chi connectivity index (χ1n) is 12.3. The summed E-state index contributed by atoms with van der Waals surface area (Å²) in [5, 5.41) is 1.80.